The van der Waals surface area contributed by atoms with E-state index in [-0.39, 0.29) is 11.6 Å². The minimum Gasteiger partial charge on any atom is -0.322 e. The Bertz CT molecular complexity index is 460. The molecule has 0 saturated heterocycles. The second kappa shape index (κ2) is 7.94. The second-order valence-corrected chi connectivity index (χ2v) is 11.0. The fourth-order valence-electron chi connectivity index (χ4n) is 2.88. The molecule has 1 aromatic rings. The molecule has 1 unspecified atom stereocenters. The lowest BCUT2D eigenvalue weighted by molar-refractivity contribution is -0.116. The molecule has 1 rings (SSSR count). The van der Waals surface area contributed by atoms with Crippen molar-refractivity contribution < 1.29 is 4.79 Å². The van der Waals surface area contributed by atoms with Crippen LogP contribution in [0.5, 0.6) is 0 Å². The first-order chi connectivity index (χ1) is 9.89. The third kappa shape index (κ3) is 4.30. The van der Waals surface area contributed by atoms with Crippen LogP contribution in [0.25, 0.3) is 0 Å². The highest BCUT2D eigenvalue weighted by Gasteiger charge is 2.42. The molecule has 1 atom stereocenters. The van der Waals surface area contributed by atoms with E-state index in [0.717, 1.165) is 42.0 Å². The summed E-state index contributed by atoms with van der Waals surface area (Å²) >= 11 is 0. The van der Waals surface area contributed by atoms with Gasteiger partial charge in [-0.2, -0.15) is 0 Å². The lowest BCUT2D eigenvalue weighted by Gasteiger charge is -2.29. The zero-order valence-electron chi connectivity index (χ0n) is 14.5. The molecule has 1 aromatic carbocycles. The van der Waals surface area contributed by atoms with E-state index in [2.05, 4.69) is 58.7 Å². The topological polar surface area (TPSA) is 29.1 Å². The number of nitrogens with one attached hydrogen (secondary N) is 1. The number of aryl methyl sites for hydroxylation is 2. The molecule has 0 aliphatic carbocycles. The fraction of sp³-hybridized carbons (Fsp3) is 0.611. The van der Waals surface area contributed by atoms with E-state index in [0.29, 0.717) is 0 Å². The maximum atomic E-state index is 12.9. The summed E-state index contributed by atoms with van der Waals surface area (Å²) < 4.78 is 0. The Kier molecular flexibility index (Phi) is 6.87. The van der Waals surface area contributed by atoms with E-state index in [9.17, 15) is 4.79 Å². The predicted molar refractivity (Wildman–Crippen MR) is 97.2 cm³/mol. The van der Waals surface area contributed by atoms with Gasteiger partial charge in [0.2, 0.25) is 0 Å². The smallest absolute Gasteiger partial charge is 0.265 e. The standard InChI is InChI=1S/C18H30NOP/c1-7-11-16(21(6,8-2)9-3)18(20)19-17-14(4)12-10-13-15(17)5/h10,12-13,16H,7-9,11H2,1-6H3/p+1. The SMILES string of the molecule is CCCC(C(=O)Nc1c(C)cccc1C)[P+](C)(CC)CC. The Hall–Kier alpha value is -0.880. The van der Waals surface area contributed by atoms with Gasteiger partial charge in [0.25, 0.3) is 5.91 Å². The molecular formula is C18H31NOP+. The van der Waals surface area contributed by atoms with Crippen molar-refractivity contribution in [2.45, 2.75) is 53.1 Å². The second-order valence-electron chi connectivity index (χ2n) is 6.17. The molecule has 0 aromatic heterocycles. The van der Waals surface area contributed by atoms with Crippen molar-refractivity contribution in [2.24, 2.45) is 0 Å². The van der Waals surface area contributed by atoms with Crippen molar-refractivity contribution in [1.82, 2.24) is 0 Å². The summed E-state index contributed by atoms with van der Waals surface area (Å²) in [5, 5.41) is 3.23. The van der Waals surface area contributed by atoms with Crippen molar-refractivity contribution >= 4 is 18.9 Å². The van der Waals surface area contributed by atoms with E-state index < -0.39 is 7.26 Å². The Balaban J connectivity index is 3.02. The predicted octanol–water partition coefficient (Wildman–Crippen LogP) is 5.10. The molecular weight excluding hydrogens is 277 g/mol. The summed E-state index contributed by atoms with van der Waals surface area (Å²) in [6.45, 7) is 13.1. The number of hydrogen-bond donors (Lipinski definition) is 1. The van der Waals surface area contributed by atoms with Crippen LogP contribution in [0.4, 0.5) is 5.69 Å². The van der Waals surface area contributed by atoms with Crippen LogP contribution in [-0.2, 0) is 4.79 Å². The lowest BCUT2D eigenvalue weighted by atomic mass is 10.1. The van der Waals surface area contributed by atoms with Crippen LogP contribution in [0, 0.1) is 13.8 Å². The largest absolute Gasteiger partial charge is 0.322 e. The van der Waals surface area contributed by atoms with Crippen molar-refractivity contribution in [3.05, 3.63) is 29.3 Å². The van der Waals surface area contributed by atoms with Gasteiger partial charge in [-0.15, -0.1) is 0 Å². The molecule has 1 amide bonds. The molecule has 0 fully saturated rings. The quantitative estimate of drug-likeness (QED) is 0.698. The summed E-state index contributed by atoms with van der Waals surface area (Å²) in [6.07, 6.45) is 4.37. The molecule has 0 radical (unpaired) electrons. The molecule has 0 saturated carbocycles. The Morgan fingerprint density at radius 3 is 2.10 bits per heavy atom. The highest BCUT2D eigenvalue weighted by Crippen LogP contribution is 2.60. The molecule has 118 valence electrons. The number of para-hydroxylation sites is 1. The normalized spacial score (nSPS) is 13.0. The van der Waals surface area contributed by atoms with Gasteiger partial charge in [0.15, 0.2) is 0 Å². The van der Waals surface area contributed by atoms with Crippen LogP contribution in [0.2, 0.25) is 0 Å². The molecule has 0 heterocycles. The van der Waals surface area contributed by atoms with Gasteiger partial charge < -0.3 is 5.32 Å². The first kappa shape index (κ1) is 18.2. The molecule has 0 aliphatic rings. The summed E-state index contributed by atoms with van der Waals surface area (Å²) in [5.74, 6) is 0.230. The van der Waals surface area contributed by atoms with Gasteiger partial charge in [0, 0.05) is 19.6 Å². The highest BCUT2D eigenvalue weighted by atomic mass is 31.2. The fourth-order valence-corrected chi connectivity index (χ4v) is 5.72. The number of anilines is 1. The summed E-state index contributed by atoms with van der Waals surface area (Å²) in [5.41, 5.74) is 3.48. The maximum absolute atomic E-state index is 12.9. The van der Waals surface area contributed by atoms with E-state index in [4.69, 9.17) is 0 Å². The molecule has 0 spiro atoms. The monoisotopic (exact) mass is 308 g/mol. The minimum atomic E-state index is -1.19. The molecule has 21 heavy (non-hydrogen) atoms. The average molecular weight is 308 g/mol. The van der Waals surface area contributed by atoms with Crippen molar-refractivity contribution in [1.29, 1.82) is 0 Å². The molecule has 0 aliphatic heterocycles. The van der Waals surface area contributed by atoms with E-state index >= 15 is 0 Å². The Morgan fingerprint density at radius 1 is 1.14 bits per heavy atom. The summed E-state index contributed by atoms with van der Waals surface area (Å²) in [7, 11) is -1.19. The molecule has 2 nitrogen and oxygen atoms in total. The van der Waals surface area contributed by atoms with Gasteiger partial charge in [-0.1, -0.05) is 31.5 Å². The van der Waals surface area contributed by atoms with Crippen LogP contribution in [0.15, 0.2) is 18.2 Å². The van der Waals surface area contributed by atoms with Crippen LogP contribution in [0.1, 0.15) is 44.7 Å². The first-order valence-electron chi connectivity index (χ1n) is 8.10. The summed E-state index contributed by atoms with van der Waals surface area (Å²) in [4.78, 5) is 12.9. The van der Waals surface area contributed by atoms with Crippen LogP contribution >= 0.6 is 7.26 Å². The zero-order valence-corrected chi connectivity index (χ0v) is 15.4. The van der Waals surface area contributed by atoms with Crippen LogP contribution in [0.3, 0.4) is 0 Å². The highest BCUT2D eigenvalue weighted by molar-refractivity contribution is 7.76. The number of rotatable bonds is 7. The van der Waals surface area contributed by atoms with Gasteiger partial charge in [0.05, 0.1) is 12.3 Å². The van der Waals surface area contributed by atoms with E-state index in [1.807, 2.05) is 6.07 Å². The number of amides is 1. The minimum absolute atomic E-state index is 0.191. The summed E-state index contributed by atoms with van der Waals surface area (Å²) in [6, 6.07) is 6.16. The third-order valence-corrected chi connectivity index (χ3v) is 9.68. The van der Waals surface area contributed by atoms with E-state index in [1.54, 1.807) is 0 Å². The van der Waals surface area contributed by atoms with Gasteiger partial charge in [-0.05, 0) is 45.2 Å². The average Bonchev–Trinajstić information content (AvgIpc) is 2.47. The number of carbonyl (C=O) groups excluding carboxylic acids is 1. The van der Waals surface area contributed by atoms with Crippen molar-refractivity contribution in [2.75, 3.05) is 24.3 Å². The van der Waals surface area contributed by atoms with Gasteiger partial charge in [-0.3, -0.25) is 4.79 Å². The maximum Gasteiger partial charge on any atom is 0.265 e. The molecule has 0 bridgehead atoms. The molecule has 1 N–H and O–H groups in total. The third-order valence-electron chi connectivity index (χ3n) is 4.79. The van der Waals surface area contributed by atoms with Gasteiger partial charge in [-0.25, -0.2) is 0 Å². The first-order valence-corrected chi connectivity index (χ1v) is 10.8. The van der Waals surface area contributed by atoms with Crippen molar-refractivity contribution in [3.63, 3.8) is 0 Å². The number of benzene rings is 1. The number of carbonyl (C=O) groups is 1. The van der Waals surface area contributed by atoms with E-state index in [1.165, 1.54) is 0 Å². The lowest BCUT2D eigenvalue weighted by Crippen LogP contribution is -2.32. The Morgan fingerprint density at radius 2 is 1.67 bits per heavy atom. The van der Waals surface area contributed by atoms with Gasteiger partial charge >= 0.3 is 0 Å². The van der Waals surface area contributed by atoms with Gasteiger partial charge in [0.1, 0.15) is 5.66 Å². The molecule has 3 heteroatoms. The number of hydrogen-bond acceptors (Lipinski definition) is 1. The Labute approximate surface area is 131 Å². The van der Waals surface area contributed by atoms with Crippen molar-refractivity contribution in [3.8, 4) is 0 Å². The van der Waals surface area contributed by atoms with Crippen LogP contribution in [-0.4, -0.2) is 30.6 Å². The zero-order chi connectivity index (χ0) is 16.0. The van der Waals surface area contributed by atoms with Crippen LogP contribution < -0.4 is 5.32 Å².